The maximum absolute atomic E-state index is 11.1. The summed E-state index contributed by atoms with van der Waals surface area (Å²) in [6, 6.07) is 3.57. The lowest BCUT2D eigenvalue weighted by Crippen LogP contribution is -2.05. The van der Waals surface area contributed by atoms with Gasteiger partial charge in [0.15, 0.2) is 6.29 Å². The Morgan fingerprint density at radius 3 is 3.06 bits per heavy atom. The molecule has 0 fully saturated rings. The molecule has 1 aromatic carbocycles. The topological polar surface area (TPSA) is 52.6 Å². The number of carbonyl (C=O) groups excluding carboxylic acids is 2. The molecule has 2 rings (SSSR count). The predicted octanol–water partition coefficient (Wildman–Crippen LogP) is 1.15. The van der Waals surface area contributed by atoms with Crippen LogP contribution < -0.4 is 4.74 Å². The largest absolute Gasteiger partial charge is 0.492 e. The SMILES string of the molecule is COC(=O)Cc1cc(C=O)c2c(c1)CCO2. The van der Waals surface area contributed by atoms with E-state index in [0.717, 1.165) is 23.8 Å². The third kappa shape index (κ3) is 1.91. The molecule has 4 nitrogen and oxygen atoms in total. The van der Waals surface area contributed by atoms with Gasteiger partial charge in [-0.3, -0.25) is 9.59 Å². The highest BCUT2D eigenvalue weighted by atomic mass is 16.5. The van der Waals surface area contributed by atoms with Gasteiger partial charge in [-0.25, -0.2) is 0 Å². The van der Waals surface area contributed by atoms with Crippen molar-refractivity contribution in [1.29, 1.82) is 0 Å². The number of rotatable bonds is 3. The summed E-state index contributed by atoms with van der Waals surface area (Å²) in [4.78, 5) is 22.0. The van der Waals surface area contributed by atoms with Gasteiger partial charge in [-0.1, -0.05) is 6.07 Å². The van der Waals surface area contributed by atoms with E-state index in [1.54, 1.807) is 6.07 Å². The first-order chi connectivity index (χ1) is 7.74. The molecule has 0 aromatic heterocycles. The molecular formula is C12H12O4. The van der Waals surface area contributed by atoms with Crippen LogP contribution in [-0.2, 0) is 22.4 Å². The number of carbonyl (C=O) groups is 2. The van der Waals surface area contributed by atoms with Crippen LogP contribution in [0.4, 0.5) is 0 Å². The molecule has 4 heteroatoms. The first kappa shape index (κ1) is 10.7. The Bertz CT molecular complexity index is 437. The second-order valence-corrected chi connectivity index (χ2v) is 3.64. The predicted molar refractivity (Wildman–Crippen MR) is 56.7 cm³/mol. The number of ether oxygens (including phenoxy) is 2. The van der Waals surface area contributed by atoms with Gasteiger partial charge >= 0.3 is 5.97 Å². The van der Waals surface area contributed by atoms with Crippen LogP contribution in [0.25, 0.3) is 0 Å². The Morgan fingerprint density at radius 1 is 1.56 bits per heavy atom. The number of hydrogen-bond acceptors (Lipinski definition) is 4. The van der Waals surface area contributed by atoms with Crippen molar-refractivity contribution in [2.45, 2.75) is 12.8 Å². The number of aldehydes is 1. The van der Waals surface area contributed by atoms with Crippen molar-refractivity contribution in [3.8, 4) is 5.75 Å². The van der Waals surface area contributed by atoms with Crippen molar-refractivity contribution in [3.05, 3.63) is 28.8 Å². The second-order valence-electron chi connectivity index (χ2n) is 3.64. The average molecular weight is 220 g/mol. The fourth-order valence-electron chi connectivity index (χ4n) is 1.83. The molecule has 1 heterocycles. The minimum Gasteiger partial charge on any atom is -0.492 e. The Kier molecular flexibility index (Phi) is 2.90. The summed E-state index contributed by atoms with van der Waals surface area (Å²) in [5, 5.41) is 0. The minimum absolute atomic E-state index is 0.185. The van der Waals surface area contributed by atoms with Crippen LogP contribution >= 0.6 is 0 Å². The summed E-state index contributed by atoms with van der Waals surface area (Å²) < 4.78 is 9.95. The highest BCUT2D eigenvalue weighted by Gasteiger charge is 2.18. The molecule has 1 aliphatic heterocycles. The average Bonchev–Trinajstić information content (AvgIpc) is 2.75. The molecule has 0 unspecified atom stereocenters. The molecule has 0 amide bonds. The first-order valence-corrected chi connectivity index (χ1v) is 5.05. The molecule has 0 spiro atoms. The monoisotopic (exact) mass is 220 g/mol. The lowest BCUT2D eigenvalue weighted by molar-refractivity contribution is -0.139. The van der Waals surface area contributed by atoms with Crippen molar-refractivity contribution in [2.24, 2.45) is 0 Å². The quantitative estimate of drug-likeness (QED) is 0.566. The van der Waals surface area contributed by atoms with Crippen molar-refractivity contribution < 1.29 is 19.1 Å². The van der Waals surface area contributed by atoms with Crippen molar-refractivity contribution in [1.82, 2.24) is 0 Å². The zero-order valence-corrected chi connectivity index (χ0v) is 8.99. The van der Waals surface area contributed by atoms with Gasteiger partial charge in [0.05, 0.1) is 25.7 Å². The minimum atomic E-state index is -0.310. The molecule has 0 aliphatic carbocycles. The summed E-state index contributed by atoms with van der Waals surface area (Å²) in [5.74, 6) is 0.347. The van der Waals surface area contributed by atoms with Crippen LogP contribution in [0.1, 0.15) is 21.5 Å². The fourth-order valence-corrected chi connectivity index (χ4v) is 1.83. The van der Waals surface area contributed by atoms with E-state index in [4.69, 9.17) is 4.74 Å². The highest BCUT2D eigenvalue weighted by Crippen LogP contribution is 2.30. The first-order valence-electron chi connectivity index (χ1n) is 5.05. The van der Waals surface area contributed by atoms with Gasteiger partial charge in [-0.2, -0.15) is 0 Å². The highest BCUT2D eigenvalue weighted by molar-refractivity contribution is 5.82. The van der Waals surface area contributed by atoms with Gasteiger partial charge in [-0.15, -0.1) is 0 Å². The summed E-state index contributed by atoms with van der Waals surface area (Å²) in [5.41, 5.74) is 2.29. The number of hydrogen-bond donors (Lipinski definition) is 0. The summed E-state index contributed by atoms with van der Waals surface area (Å²) >= 11 is 0. The third-order valence-corrected chi connectivity index (χ3v) is 2.58. The Morgan fingerprint density at radius 2 is 2.38 bits per heavy atom. The zero-order valence-electron chi connectivity index (χ0n) is 8.99. The standard InChI is InChI=1S/C12H12O4/c1-15-11(14)6-8-4-9-2-3-16-12(9)10(5-8)7-13/h4-5,7H,2-3,6H2,1H3. The summed E-state index contributed by atoms with van der Waals surface area (Å²) in [6.45, 7) is 0.595. The van der Waals surface area contributed by atoms with Gasteiger partial charge in [0, 0.05) is 6.42 Å². The molecule has 84 valence electrons. The van der Waals surface area contributed by atoms with E-state index in [1.807, 2.05) is 6.07 Å². The van der Waals surface area contributed by atoms with Crippen LogP contribution in [0.2, 0.25) is 0 Å². The third-order valence-electron chi connectivity index (χ3n) is 2.58. The van der Waals surface area contributed by atoms with Crippen LogP contribution in [0.3, 0.4) is 0 Å². The van der Waals surface area contributed by atoms with E-state index in [1.165, 1.54) is 7.11 Å². The smallest absolute Gasteiger partial charge is 0.309 e. The molecule has 1 aliphatic rings. The van der Waals surface area contributed by atoms with Crippen molar-refractivity contribution in [2.75, 3.05) is 13.7 Å². The van der Waals surface area contributed by atoms with Gasteiger partial charge in [-0.05, 0) is 17.2 Å². The molecular weight excluding hydrogens is 208 g/mol. The molecule has 0 atom stereocenters. The number of fused-ring (bicyclic) bond motifs is 1. The van der Waals surface area contributed by atoms with Crippen LogP contribution in [0, 0.1) is 0 Å². The fraction of sp³-hybridized carbons (Fsp3) is 0.333. The molecule has 0 radical (unpaired) electrons. The van der Waals surface area contributed by atoms with Gasteiger partial charge in [0.25, 0.3) is 0 Å². The summed E-state index contributed by atoms with van der Waals surface area (Å²) in [6.07, 6.45) is 1.72. The lowest BCUT2D eigenvalue weighted by atomic mass is 10.0. The maximum atomic E-state index is 11.1. The van der Waals surface area contributed by atoms with Gasteiger partial charge in [0.2, 0.25) is 0 Å². The number of benzene rings is 1. The van der Waals surface area contributed by atoms with Gasteiger partial charge < -0.3 is 9.47 Å². The maximum Gasteiger partial charge on any atom is 0.309 e. The van der Waals surface area contributed by atoms with E-state index in [0.29, 0.717) is 17.9 Å². The van der Waals surface area contributed by atoms with E-state index < -0.39 is 0 Å². The van der Waals surface area contributed by atoms with E-state index >= 15 is 0 Å². The Balaban J connectivity index is 2.34. The van der Waals surface area contributed by atoms with Crippen LogP contribution in [0.5, 0.6) is 5.75 Å². The summed E-state index contributed by atoms with van der Waals surface area (Å²) in [7, 11) is 1.35. The van der Waals surface area contributed by atoms with Gasteiger partial charge in [0.1, 0.15) is 5.75 Å². The molecule has 0 N–H and O–H groups in total. The number of methoxy groups -OCH3 is 1. The molecule has 0 bridgehead atoms. The Hall–Kier alpha value is -1.84. The van der Waals surface area contributed by atoms with E-state index in [2.05, 4.69) is 4.74 Å². The lowest BCUT2D eigenvalue weighted by Gasteiger charge is -2.06. The van der Waals surface area contributed by atoms with Crippen LogP contribution in [-0.4, -0.2) is 26.0 Å². The van der Waals surface area contributed by atoms with E-state index in [9.17, 15) is 9.59 Å². The molecule has 16 heavy (non-hydrogen) atoms. The zero-order chi connectivity index (χ0) is 11.5. The molecule has 0 saturated carbocycles. The molecule has 1 aromatic rings. The molecule has 0 saturated heterocycles. The second kappa shape index (κ2) is 4.35. The number of esters is 1. The van der Waals surface area contributed by atoms with Crippen molar-refractivity contribution >= 4 is 12.3 Å². The van der Waals surface area contributed by atoms with Crippen molar-refractivity contribution in [3.63, 3.8) is 0 Å². The van der Waals surface area contributed by atoms with E-state index in [-0.39, 0.29) is 12.4 Å². The normalized spacial score (nSPS) is 12.8. The Labute approximate surface area is 93.2 Å². The van der Waals surface area contributed by atoms with Crippen LogP contribution in [0.15, 0.2) is 12.1 Å².